The number of aliphatic carboxylic acids is 1. The zero-order valence-electron chi connectivity index (χ0n) is 15.8. The van der Waals surface area contributed by atoms with Crippen LogP contribution in [0.3, 0.4) is 0 Å². The van der Waals surface area contributed by atoms with E-state index < -0.39 is 5.97 Å². The summed E-state index contributed by atoms with van der Waals surface area (Å²) in [6.45, 7) is 4.68. The van der Waals surface area contributed by atoms with Crippen molar-refractivity contribution in [3.63, 3.8) is 0 Å². The molecule has 146 valence electrons. The van der Waals surface area contributed by atoms with Crippen LogP contribution >= 0.6 is 0 Å². The zero-order valence-corrected chi connectivity index (χ0v) is 15.8. The number of aromatic nitrogens is 4. The van der Waals surface area contributed by atoms with Crippen LogP contribution in [-0.4, -0.2) is 30.2 Å². The Morgan fingerprint density at radius 3 is 2.57 bits per heavy atom. The quantitative estimate of drug-likeness (QED) is 0.610. The van der Waals surface area contributed by atoms with Gasteiger partial charge < -0.3 is 10.1 Å². The van der Waals surface area contributed by atoms with Crippen molar-refractivity contribution in [3.05, 3.63) is 56.7 Å². The Kier molecular flexibility index (Phi) is 5.58. The van der Waals surface area contributed by atoms with Gasteiger partial charge in [0.15, 0.2) is 5.65 Å². The van der Waals surface area contributed by atoms with E-state index in [2.05, 4.69) is 9.97 Å². The first-order chi connectivity index (χ1) is 13.5. The minimum absolute atomic E-state index is 0.294. The molecule has 0 atom stereocenters. The fourth-order valence-electron chi connectivity index (χ4n) is 3.11. The average molecular weight is 382 g/mol. The topological polar surface area (TPSA) is 110 Å². The lowest BCUT2D eigenvalue weighted by Gasteiger charge is -2.09. The molecule has 8 nitrogen and oxygen atoms in total. The van der Waals surface area contributed by atoms with Gasteiger partial charge in [-0.3, -0.25) is 13.9 Å². The number of H-pyrrole nitrogens is 1. The summed E-state index contributed by atoms with van der Waals surface area (Å²) < 4.78 is 2.77. The van der Waals surface area contributed by atoms with Crippen molar-refractivity contribution in [2.75, 3.05) is 0 Å². The summed E-state index contributed by atoms with van der Waals surface area (Å²) in [5.41, 5.74) is 1.29. The van der Waals surface area contributed by atoms with Gasteiger partial charge in [0.05, 0.1) is 0 Å². The van der Waals surface area contributed by atoms with Gasteiger partial charge in [0, 0.05) is 24.7 Å². The standard InChI is InChI=1S/C20H22N4O4/c1-3-10-23-18-16(19(27)24(11-4-2)20(23)28)21-17(22-18)14-7-5-6-13(12-14)8-9-15(25)26/h5-9,12H,3-4,10-11H2,1-2H3,(H,21,22)(H,25,26). The number of benzene rings is 1. The van der Waals surface area contributed by atoms with Crippen LogP contribution in [0.2, 0.25) is 0 Å². The highest BCUT2D eigenvalue weighted by atomic mass is 16.4. The van der Waals surface area contributed by atoms with Crippen molar-refractivity contribution in [3.8, 4) is 11.4 Å². The normalized spacial score (nSPS) is 11.5. The summed E-state index contributed by atoms with van der Waals surface area (Å²) >= 11 is 0. The highest BCUT2D eigenvalue weighted by Crippen LogP contribution is 2.20. The van der Waals surface area contributed by atoms with E-state index in [1.807, 2.05) is 19.9 Å². The number of imidazole rings is 1. The Morgan fingerprint density at radius 1 is 1.18 bits per heavy atom. The molecular weight excluding hydrogens is 360 g/mol. The van der Waals surface area contributed by atoms with E-state index in [9.17, 15) is 14.4 Å². The third-order valence-corrected chi connectivity index (χ3v) is 4.33. The predicted octanol–water partition coefficient (Wildman–Crippen LogP) is 2.47. The van der Waals surface area contributed by atoms with Gasteiger partial charge in [-0.1, -0.05) is 32.0 Å². The lowest BCUT2D eigenvalue weighted by molar-refractivity contribution is -0.131. The summed E-state index contributed by atoms with van der Waals surface area (Å²) in [7, 11) is 0. The second kappa shape index (κ2) is 8.08. The van der Waals surface area contributed by atoms with Gasteiger partial charge in [0.1, 0.15) is 11.3 Å². The lowest BCUT2D eigenvalue weighted by Crippen LogP contribution is -2.40. The van der Waals surface area contributed by atoms with Gasteiger partial charge in [-0.15, -0.1) is 0 Å². The van der Waals surface area contributed by atoms with Crippen LogP contribution in [0.4, 0.5) is 0 Å². The number of nitrogens with zero attached hydrogens (tertiary/aromatic N) is 3. The van der Waals surface area contributed by atoms with E-state index in [0.29, 0.717) is 47.6 Å². The highest BCUT2D eigenvalue weighted by Gasteiger charge is 2.17. The molecular formula is C20H22N4O4. The maximum absolute atomic E-state index is 12.8. The first-order valence-electron chi connectivity index (χ1n) is 9.21. The van der Waals surface area contributed by atoms with Crippen LogP contribution in [0.1, 0.15) is 32.3 Å². The molecule has 2 heterocycles. The van der Waals surface area contributed by atoms with Crippen molar-refractivity contribution >= 4 is 23.2 Å². The van der Waals surface area contributed by atoms with Crippen molar-refractivity contribution < 1.29 is 9.90 Å². The van der Waals surface area contributed by atoms with Crippen molar-refractivity contribution in [1.82, 2.24) is 19.1 Å². The van der Waals surface area contributed by atoms with E-state index in [-0.39, 0.29) is 11.2 Å². The third-order valence-electron chi connectivity index (χ3n) is 4.33. The molecule has 0 unspecified atom stereocenters. The van der Waals surface area contributed by atoms with E-state index >= 15 is 0 Å². The summed E-state index contributed by atoms with van der Waals surface area (Å²) in [5, 5.41) is 8.79. The van der Waals surface area contributed by atoms with Crippen LogP contribution in [0.25, 0.3) is 28.6 Å². The fourth-order valence-corrected chi connectivity index (χ4v) is 3.11. The van der Waals surface area contributed by atoms with Crippen LogP contribution in [0.5, 0.6) is 0 Å². The fraction of sp³-hybridized carbons (Fsp3) is 0.300. The number of fused-ring (bicyclic) bond motifs is 1. The molecule has 2 N–H and O–H groups in total. The number of hydrogen-bond acceptors (Lipinski definition) is 4. The smallest absolute Gasteiger partial charge is 0.332 e. The second-order valence-electron chi connectivity index (χ2n) is 6.47. The van der Waals surface area contributed by atoms with Gasteiger partial charge >= 0.3 is 11.7 Å². The molecule has 1 aromatic carbocycles. The number of aryl methyl sites for hydroxylation is 1. The molecule has 0 aliphatic heterocycles. The first kappa shape index (κ1) is 19.3. The number of hydrogen-bond donors (Lipinski definition) is 2. The number of carboxylic acids is 1. The predicted molar refractivity (Wildman–Crippen MR) is 107 cm³/mol. The van der Waals surface area contributed by atoms with Crippen LogP contribution < -0.4 is 11.2 Å². The molecule has 2 aromatic heterocycles. The van der Waals surface area contributed by atoms with Gasteiger partial charge in [-0.25, -0.2) is 14.6 Å². The molecule has 0 aliphatic rings. The molecule has 3 rings (SSSR count). The van der Waals surface area contributed by atoms with Crippen LogP contribution in [-0.2, 0) is 17.9 Å². The number of carbonyl (C=O) groups is 1. The maximum atomic E-state index is 12.8. The minimum atomic E-state index is -1.03. The Balaban J connectivity index is 2.20. The molecule has 8 heteroatoms. The van der Waals surface area contributed by atoms with Crippen LogP contribution in [0, 0.1) is 0 Å². The Morgan fingerprint density at radius 2 is 1.89 bits per heavy atom. The molecule has 0 spiro atoms. The summed E-state index contributed by atoms with van der Waals surface area (Å²) in [4.78, 5) is 43.8. The van der Waals surface area contributed by atoms with Gasteiger partial charge in [-0.2, -0.15) is 0 Å². The van der Waals surface area contributed by atoms with E-state index in [1.165, 1.54) is 15.2 Å². The van der Waals surface area contributed by atoms with Crippen molar-refractivity contribution in [1.29, 1.82) is 0 Å². The average Bonchev–Trinajstić information content (AvgIpc) is 3.13. The molecule has 0 amide bonds. The van der Waals surface area contributed by atoms with E-state index in [4.69, 9.17) is 5.11 Å². The Hall–Kier alpha value is -3.42. The van der Waals surface area contributed by atoms with E-state index in [1.54, 1.807) is 18.2 Å². The maximum Gasteiger partial charge on any atom is 0.332 e. The third kappa shape index (κ3) is 3.66. The summed E-state index contributed by atoms with van der Waals surface area (Å²) in [5.74, 6) is -0.578. The van der Waals surface area contributed by atoms with Gasteiger partial charge in [0.2, 0.25) is 0 Å². The second-order valence-corrected chi connectivity index (χ2v) is 6.47. The molecule has 0 aliphatic carbocycles. The molecule has 3 aromatic rings. The van der Waals surface area contributed by atoms with Gasteiger partial charge in [0.25, 0.3) is 5.56 Å². The number of nitrogens with one attached hydrogen (secondary N) is 1. The van der Waals surface area contributed by atoms with E-state index in [0.717, 1.165) is 12.5 Å². The van der Waals surface area contributed by atoms with Crippen LogP contribution in [0.15, 0.2) is 39.9 Å². The number of carboxylic acid groups (broad SMARTS) is 1. The van der Waals surface area contributed by atoms with Crippen molar-refractivity contribution in [2.24, 2.45) is 0 Å². The Bertz CT molecular complexity index is 1170. The zero-order chi connectivity index (χ0) is 20.3. The van der Waals surface area contributed by atoms with Gasteiger partial charge in [-0.05, 0) is 30.5 Å². The minimum Gasteiger partial charge on any atom is -0.478 e. The molecule has 0 radical (unpaired) electrons. The van der Waals surface area contributed by atoms with Crippen molar-refractivity contribution in [2.45, 2.75) is 39.8 Å². The first-order valence-corrected chi connectivity index (χ1v) is 9.21. The SMILES string of the molecule is CCCn1c(=O)c2[nH]c(-c3cccc(C=CC(=O)O)c3)nc2n(CCC)c1=O. The molecule has 0 fully saturated rings. The largest absolute Gasteiger partial charge is 0.478 e. The monoisotopic (exact) mass is 382 g/mol. The highest BCUT2D eigenvalue weighted by molar-refractivity contribution is 5.85. The number of rotatable bonds is 7. The molecule has 0 saturated heterocycles. The summed E-state index contributed by atoms with van der Waals surface area (Å²) in [6, 6.07) is 7.12. The molecule has 28 heavy (non-hydrogen) atoms. The molecule has 0 saturated carbocycles. The Labute approximate surface area is 160 Å². The number of aromatic amines is 1. The molecule has 0 bridgehead atoms. The summed E-state index contributed by atoms with van der Waals surface area (Å²) in [6.07, 6.45) is 3.94. The lowest BCUT2D eigenvalue weighted by atomic mass is 10.1.